The highest BCUT2D eigenvalue weighted by Crippen LogP contribution is 2.48. The normalized spacial score (nSPS) is 36.0. The summed E-state index contributed by atoms with van der Waals surface area (Å²) in [5.74, 6) is 2.31. The summed E-state index contributed by atoms with van der Waals surface area (Å²) in [5, 5.41) is 0.896. The molecule has 0 aromatic heterocycles. The Kier molecular flexibility index (Phi) is 3.60. The summed E-state index contributed by atoms with van der Waals surface area (Å²) in [7, 11) is 0. The van der Waals surface area contributed by atoms with Gasteiger partial charge in [-0.15, -0.1) is 0 Å². The minimum absolute atomic E-state index is 0.315. The van der Waals surface area contributed by atoms with Crippen LogP contribution >= 0.6 is 11.8 Å². The van der Waals surface area contributed by atoms with Gasteiger partial charge in [-0.25, -0.2) is 0 Å². The van der Waals surface area contributed by atoms with Gasteiger partial charge in [-0.2, -0.15) is 11.8 Å². The molecule has 2 heteroatoms. The monoisotopic (exact) mass is 255 g/mol. The van der Waals surface area contributed by atoms with E-state index in [1.54, 1.807) is 0 Å². The molecule has 2 heterocycles. The fourth-order valence-electron chi connectivity index (χ4n) is 3.75. The van der Waals surface area contributed by atoms with E-state index >= 15 is 0 Å². The molecule has 0 bridgehead atoms. The quantitative estimate of drug-likeness (QED) is 0.643. The first-order valence-corrected chi connectivity index (χ1v) is 8.14. The van der Waals surface area contributed by atoms with Crippen LogP contribution in [0.2, 0.25) is 0 Å². The van der Waals surface area contributed by atoms with Crippen molar-refractivity contribution in [2.24, 2.45) is 11.3 Å². The Balaban J connectivity index is 2.27. The molecule has 0 spiro atoms. The van der Waals surface area contributed by atoms with Gasteiger partial charge in [0.15, 0.2) is 0 Å². The lowest BCUT2D eigenvalue weighted by molar-refractivity contribution is 0.0374. The second-order valence-electron chi connectivity index (χ2n) is 7.85. The zero-order chi connectivity index (χ0) is 12.8. The van der Waals surface area contributed by atoms with Crippen molar-refractivity contribution in [1.82, 2.24) is 4.90 Å². The molecule has 0 aliphatic carbocycles. The highest BCUT2D eigenvalue weighted by molar-refractivity contribution is 8.00. The molecule has 2 saturated heterocycles. The Labute approximate surface area is 112 Å². The third-order valence-corrected chi connectivity index (χ3v) is 5.81. The maximum absolute atomic E-state index is 2.79. The summed E-state index contributed by atoms with van der Waals surface area (Å²) >= 11 is 2.23. The van der Waals surface area contributed by atoms with Crippen LogP contribution in [0.15, 0.2) is 0 Å². The van der Waals surface area contributed by atoms with Gasteiger partial charge in [-0.1, -0.05) is 20.8 Å². The van der Waals surface area contributed by atoms with Crippen LogP contribution in [-0.4, -0.2) is 34.0 Å². The Hall–Kier alpha value is 0.310. The van der Waals surface area contributed by atoms with Crippen LogP contribution in [-0.2, 0) is 0 Å². The molecule has 100 valence electrons. The molecule has 0 aromatic rings. The Morgan fingerprint density at radius 1 is 1.06 bits per heavy atom. The van der Waals surface area contributed by atoms with Gasteiger partial charge in [0.05, 0.1) is 0 Å². The van der Waals surface area contributed by atoms with Gasteiger partial charge in [-0.05, 0) is 50.7 Å². The molecule has 3 atom stereocenters. The maximum Gasteiger partial charge on any atom is 0.0218 e. The van der Waals surface area contributed by atoms with E-state index in [1.165, 1.54) is 25.1 Å². The smallest absolute Gasteiger partial charge is 0.0218 e. The Morgan fingerprint density at radius 3 is 2.24 bits per heavy atom. The van der Waals surface area contributed by atoms with Crippen LogP contribution in [0.3, 0.4) is 0 Å². The topological polar surface area (TPSA) is 3.24 Å². The molecule has 0 aromatic carbocycles. The maximum atomic E-state index is 2.79. The minimum atomic E-state index is 0.315. The van der Waals surface area contributed by atoms with Crippen LogP contribution in [0, 0.1) is 11.3 Å². The summed E-state index contributed by atoms with van der Waals surface area (Å²) in [5.41, 5.74) is 0.723. The van der Waals surface area contributed by atoms with E-state index in [0.29, 0.717) is 11.0 Å². The first-order chi connectivity index (χ1) is 7.71. The number of nitrogens with zero attached hydrogens (tertiary/aromatic N) is 1. The van der Waals surface area contributed by atoms with E-state index in [0.717, 1.165) is 17.2 Å². The third kappa shape index (κ3) is 2.68. The lowest BCUT2D eigenvalue weighted by Gasteiger charge is -2.45. The number of rotatable bonds is 0. The number of hydrogen-bond acceptors (Lipinski definition) is 2. The van der Waals surface area contributed by atoms with Gasteiger partial charge in [0.2, 0.25) is 0 Å². The van der Waals surface area contributed by atoms with Gasteiger partial charge >= 0.3 is 0 Å². The van der Waals surface area contributed by atoms with Crippen molar-refractivity contribution < 1.29 is 0 Å². The van der Waals surface area contributed by atoms with Gasteiger partial charge in [0.25, 0.3) is 0 Å². The van der Waals surface area contributed by atoms with Gasteiger partial charge in [0.1, 0.15) is 0 Å². The summed E-state index contributed by atoms with van der Waals surface area (Å²) in [6, 6.07) is 0.764. The fraction of sp³-hybridized carbons (Fsp3) is 1.00. The van der Waals surface area contributed by atoms with Crippen molar-refractivity contribution in [2.75, 3.05) is 12.3 Å². The average Bonchev–Trinajstić information content (AvgIpc) is 2.54. The molecule has 2 aliphatic heterocycles. The summed E-state index contributed by atoms with van der Waals surface area (Å²) in [6.45, 7) is 15.7. The van der Waals surface area contributed by atoms with E-state index in [-0.39, 0.29) is 0 Å². The average molecular weight is 255 g/mol. The van der Waals surface area contributed by atoms with E-state index in [4.69, 9.17) is 0 Å². The van der Waals surface area contributed by atoms with Gasteiger partial charge < -0.3 is 0 Å². The van der Waals surface area contributed by atoms with Crippen molar-refractivity contribution in [3.8, 4) is 0 Å². The van der Waals surface area contributed by atoms with E-state index in [2.05, 4.69) is 58.2 Å². The molecule has 0 saturated carbocycles. The predicted molar refractivity (Wildman–Crippen MR) is 78.7 cm³/mol. The minimum Gasteiger partial charge on any atom is -0.294 e. The number of likely N-dealkylation sites (tertiary alicyclic amines) is 1. The third-order valence-electron chi connectivity index (χ3n) is 4.36. The zero-order valence-corrected chi connectivity index (χ0v) is 13.2. The van der Waals surface area contributed by atoms with Gasteiger partial charge in [0, 0.05) is 23.4 Å². The standard InChI is InChI=1S/C15H29NS/c1-14(2,3)13-11-8-7-9-17-12(11)10-16(13)15(4,5)6/h11-13H,7-10H2,1-6H3. The number of thioether (sulfide) groups is 1. The second kappa shape index (κ2) is 4.45. The molecule has 2 rings (SSSR count). The molecule has 17 heavy (non-hydrogen) atoms. The molecule has 2 fully saturated rings. The molecule has 0 radical (unpaired) electrons. The Morgan fingerprint density at radius 2 is 1.71 bits per heavy atom. The van der Waals surface area contributed by atoms with Crippen LogP contribution in [0.4, 0.5) is 0 Å². The predicted octanol–water partition coefficient (Wildman–Crippen LogP) is 4.03. The van der Waals surface area contributed by atoms with Crippen LogP contribution < -0.4 is 0 Å². The van der Waals surface area contributed by atoms with Crippen LogP contribution in [0.1, 0.15) is 54.4 Å². The van der Waals surface area contributed by atoms with Crippen molar-refractivity contribution in [2.45, 2.75) is 71.2 Å². The first-order valence-electron chi connectivity index (χ1n) is 7.09. The SMILES string of the molecule is CC(C)(C)C1C2CCCSC2CN1C(C)(C)C. The van der Waals surface area contributed by atoms with E-state index < -0.39 is 0 Å². The molecule has 0 N–H and O–H groups in total. The lowest BCUT2D eigenvalue weighted by atomic mass is 9.76. The molecular formula is C15H29NS. The van der Waals surface area contributed by atoms with Gasteiger partial charge in [-0.3, -0.25) is 4.90 Å². The zero-order valence-electron chi connectivity index (χ0n) is 12.4. The largest absolute Gasteiger partial charge is 0.294 e. The van der Waals surface area contributed by atoms with Crippen molar-refractivity contribution in [3.63, 3.8) is 0 Å². The first kappa shape index (κ1) is 13.7. The molecule has 1 nitrogen and oxygen atoms in total. The van der Waals surface area contributed by atoms with Crippen molar-refractivity contribution in [1.29, 1.82) is 0 Å². The van der Waals surface area contributed by atoms with Crippen LogP contribution in [0.5, 0.6) is 0 Å². The molecule has 3 unspecified atom stereocenters. The molecule has 0 amide bonds. The molecular weight excluding hydrogens is 226 g/mol. The molecule has 2 aliphatic rings. The van der Waals surface area contributed by atoms with E-state index in [1.807, 2.05) is 0 Å². The number of fused-ring (bicyclic) bond motifs is 1. The van der Waals surface area contributed by atoms with Crippen LogP contribution in [0.25, 0.3) is 0 Å². The summed E-state index contributed by atoms with van der Waals surface area (Å²) < 4.78 is 0. The van der Waals surface area contributed by atoms with Crippen molar-refractivity contribution >= 4 is 11.8 Å². The van der Waals surface area contributed by atoms with Crippen molar-refractivity contribution in [3.05, 3.63) is 0 Å². The summed E-state index contributed by atoms with van der Waals surface area (Å²) in [6.07, 6.45) is 2.88. The van der Waals surface area contributed by atoms with E-state index in [9.17, 15) is 0 Å². The number of hydrogen-bond donors (Lipinski definition) is 0. The second-order valence-corrected chi connectivity index (χ2v) is 9.20. The highest BCUT2D eigenvalue weighted by Gasteiger charge is 2.50. The fourth-order valence-corrected chi connectivity index (χ4v) is 5.19. The lowest BCUT2D eigenvalue weighted by Crippen LogP contribution is -2.51. The Bertz CT molecular complexity index is 274. The highest BCUT2D eigenvalue weighted by atomic mass is 32.2. The summed E-state index contributed by atoms with van der Waals surface area (Å²) in [4.78, 5) is 2.79.